The lowest BCUT2D eigenvalue weighted by Gasteiger charge is -2.31. The van der Waals surface area contributed by atoms with Gasteiger partial charge >= 0.3 is 0 Å². The summed E-state index contributed by atoms with van der Waals surface area (Å²) in [5.41, 5.74) is 1.04. The van der Waals surface area contributed by atoms with Crippen LogP contribution in [0.5, 0.6) is 5.75 Å². The van der Waals surface area contributed by atoms with Crippen molar-refractivity contribution >= 4 is 5.91 Å². The van der Waals surface area contributed by atoms with Crippen LogP contribution in [0.2, 0.25) is 0 Å². The molecule has 0 bridgehead atoms. The second kappa shape index (κ2) is 7.46. The average molecular weight is 290 g/mol. The summed E-state index contributed by atoms with van der Waals surface area (Å²) in [6.07, 6.45) is 2.48. The second-order valence-corrected chi connectivity index (χ2v) is 6.04. The molecule has 1 aliphatic heterocycles. The molecule has 1 fully saturated rings. The minimum atomic E-state index is 0.176. The van der Waals surface area contributed by atoms with Gasteiger partial charge < -0.3 is 9.64 Å². The van der Waals surface area contributed by atoms with Gasteiger partial charge in [0.2, 0.25) is 5.91 Å². The van der Waals surface area contributed by atoms with Crippen LogP contribution in [0.3, 0.4) is 0 Å². The Morgan fingerprint density at radius 1 is 1.43 bits per heavy atom. The van der Waals surface area contributed by atoms with Crippen molar-refractivity contribution in [3.05, 3.63) is 29.8 Å². The molecular weight excluding hydrogens is 264 g/mol. The number of nitrogens with zero attached hydrogens (tertiary/aromatic N) is 2. The normalized spacial score (nSPS) is 19.3. The smallest absolute Gasteiger partial charge is 0.236 e. The summed E-state index contributed by atoms with van der Waals surface area (Å²) < 4.78 is 5.34. The van der Waals surface area contributed by atoms with Crippen LogP contribution < -0.4 is 4.74 Å². The molecule has 4 nitrogen and oxygen atoms in total. The number of amides is 1. The van der Waals surface area contributed by atoms with Crippen LogP contribution in [-0.2, 0) is 11.3 Å². The summed E-state index contributed by atoms with van der Waals surface area (Å²) in [7, 11) is 3.53. The molecule has 1 amide bonds. The van der Waals surface area contributed by atoms with Gasteiger partial charge in [-0.1, -0.05) is 25.1 Å². The van der Waals surface area contributed by atoms with Gasteiger partial charge in [0.15, 0.2) is 0 Å². The number of rotatable bonds is 5. The van der Waals surface area contributed by atoms with Crippen LogP contribution in [0.25, 0.3) is 0 Å². The highest BCUT2D eigenvalue weighted by atomic mass is 16.5. The molecule has 0 radical (unpaired) electrons. The van der Waals surface area contributed by atoms with Gasteiger partial charge in [-0.3, -0.25) is 9.69 Å². The Hall–Kier alpha value is -1.55. The van der Waals surface area contributed by atoms with Crippen LogP contribution in [-0.4, -0.2) is 49.5 Å². The van der Waals surface area contributed by atoms with Gasteiger partial charge in [0.05, 0.1) is 13.7 Å². The Morgan fingerprint density at radius 2 is 2.19 bits per heavy atom. The molecule has 4 heteroatoms. The lowest BCUT2D eigenvalue weighted by atomic mass is 10.0. The molecule has 0 N–H and O–H groups in total. The molecule has 1 atom stereocenters. The fourth-order valence-electron chi connectivity index (χ4n) is 2.92. The van der Waals surface area contributed by atoms with Crippen molar-refractivity contribution in [1.29, 1.82) is 0 Å². The molecule has 1 aliphatic rings. The zero-order chi connectivity index (χ0) is 15.2. The van der Waals surface area contributed by atoms with Crippen molar-refractivity contribution in [3.8, 4) is 5.75 Å². The maximum atomic E-state index is 12.4. The second-order valence-electron chi connectivity index (χ2n) is 6.04. The van der Waals surface area contributed by atoms with Crippen molar-refractivity contribution in [2.75, 3.05) is 33.8 Å². The van der Waals surface area contributed by atoms with Crippen LogP contribution >= 0.6 is 0 Å². The Kier molecular flexibility index (Phi) is 5.62. The number of piperidine rings is 1. The number of para-hydroxylation sites is 1. The van der Waals surface area contributed by atoms with E-state index >= 15 is 0 Å². The van der Waals surface area contributed by atoms with E-state index in [-0.39, 0.29) is 5.91 Å². The number of carbonyl (C=O) groups is 1. The summed E-state index contributed by atoms with van der Waals surface area (Å²) in [5, 5.41) is 0. The van der Waals surface area contributed by atoms with Crippen LogP contribution in [0.4, 0.5) is 0 Å². The van der Waals surface area contributed by atoms with E-state index in [0.717, 1.165) is 24.4 Å². The summed E-state index contributed by atoms with van der Waals surface area (Å²) in [4.78, 5) is 16.4. The number of likely N-dealkylation sites (N-methyl/N-ethyl adjacent to an activating group) is 1. The van der Waals surface area contributed by atoms with Gasteiger partial charge in [0, 0.05) is 25.7 Å². The number of methoxy groups -OCH3 is 1. The first-order valence-corrected chi connectivity index (χ1v) is 7.68. The maximum absolute atomic E-state index is 12.4. The van der Waals surface area contributed by atoms with Gasteiger partial charge in [-0.15, -0.1) is 0 Å². The summed E-state index contributed by atoms with van der Waals surface area (Å²) in [6.45, 7) is 5.45. The van der Waals surface area contributed by atoms with E-state index in [0.29, 0.717) is 19.0 Å². The first-order chi connectivity index (χ1) is 10.1. The molecule has 0 spiro atoms. The highest BCUT2D eigenvalue weighted by molar-refractivity contribution is 5.78. The van der Waals surface area contributed by atoms with E-state index in [1.54, 1.807) is 12.0 Å². The van der Waals surface area contributed by atoms with Crippen molar-refractivity contribution < 1.29 is 9.53 Å². The molecule has 0 saturated carbocycles. The summed E-state index contributed by atoms with van der Waals surface area (Å²) >= 11 is 0. The molecular formula is C17H26N2O2. The quantitative estimate of drug-likeness (QED) is 0.835. The molecule has 2 rings (SSSR count). The average Bonchev–Trinajstić information content (AvgIpc) is 2.47. The zero-order valence-electron chi connectivity index (χ0n) is 13.3. The summed E-state index contributed by atoms with van der Waals surface area (Å²) in [5.74, 6) is 1.71. The fraction of sp³-hybridized carbons (Fsp3) is 0.588. The topological polar surface area (TPSA) is 32.8 Å². The van der Waals surface area contributed by atoms with Crippen molar-refractivity contribution in [3.63, 3.8) is 0 Å². The Labute approximate surface area is 127 Å². The zero-order valence-corrected chi connectivity index (χ0v) is 13.3. The number of ether oxygens (including phenoxy) is 1. The predicted octanol–water partition coefficient (Wildman–Crippen LogP) is 2.39. The van der Waals surface area contributed by atoms with E-state index in [2.05, 4.69) is 11.8 Å². The highest BCUT2D eigenvalue weighted by Gasteiger charge is 2.20. The fourth-order valence-corrected chi connectivity index (χ4v) is 2.92. The molecule has 1 unspecified atom stereocenters. The van der Waals surface area contributed by atoms with E-state index < -0.39 is 0 Å². The van der Waals surface area contributed by atoms with Crippen molar-refractivity contribution in [2.24, 2.45) is 5.92 Å². The Balaban J connectivity index is 1.90. The first-order valence-electron chi connectivity index (χ1n) is 7.68. The highest BCUT2D eigenvalue weighted by Crippen LogP contribution is 2.19. The molecule has 1 aromatic rings. The van der Waals surface area contributed by atoms with Crippen LogP contribution in [0.15, 0.2) is 24.3 Å². The molecule has 1 heterocycles. The van der Waals surface area contributed by atoms with Gasteiger partial charge in [-0.05, 0) is 31.4 Å². The molecule has 21 heavy (non-hydrogen) atoms. The van der Waals surface area contributed by atoms with Gasteiger partial charge in [-0.2, -0.15) is 0 Å². The first kappa shape index (κ1) is 15.8. The van der Waals surface area contributed by atoms with Crippen molar-refractivity contribution in [2.45, 2.75) is 26.3 Å². The van der Waals surface area contributed by atoms with Crippen molar-refractivity contribution in [1.82, 2.24) is 9.80 Å². The SMILES string of the molecule is COc1ccccc1CN(C)C(=O)CN1CCCC(C)C1. The van der Waals surface area contributed by atoms with Crippen LogP contribution in [0.1, 0.15) is 25.3 Å². The standard InChI is InChI=1S/C17H26N2O2/c1-14-7-6-10-19(11-14)13-17(20)18(2)12-15-8-4-5-9-16(15)21-3/h4-5,8-9,14H,6-7,10-13H2,1-3H3. The van der Waals surface area contributed by atoms with Gasteiger partial charge in [0.1, 0.15) is 5.75 Å². The molecule has 116 valence electrons. The Morgan fingerprint density at radius 3 is 2.90 bits per heavy atom. The number of hydrogen-bond donors (Lipinski definition) is 0. The lowest BCUT2D eigenvalue weighted by molar-refractivity contribution is -0.132. The van der Waals surface area contributed by atoms with Crippen LogP contribution in [0, 0.1) is 5.92 Å². The minimum Gasteiger partial charge on any atom is -0.496 e. The number of carbonyl (C=O) groups excluding carboxylic acids is 1. The number of benzene rings is 1. The Bertz CT molecular complexity index is 476. The monoisotopic (exact) mass is 290 g/mol. The molecule has 1 saturated heterocycles. The predicted molar refractivity (Wildman–Crippen MR) is 84.3 cm³/mol. The maximum Gasteiger partial charge on any atom is 0.236 e. The molecule has 0 aromatic heterocycles. The molecule has 1 aromatic carbocycles. The third kappa shape index (κ3) is 4.46. The van der Waals surface area contributed by atoms with E-state index in [1.165, 1.54) is 12.8 Å². The van der Waals surface area contributed by atoms with E-state index in [1.807, 2.05) is 31.3 Å². The number of likely N-dealkylation sites (tertiary alicyclic amines) is 1. The third-order valence-corrected chi connectivity index (χ3v) is 4.13. The van der Waals surface area contributed by atoms with Gasteiger partial charge in [-0.25, -0.2) is 0 Å². The van der Waals surface area contributed by atoms with E-state index in [9.17, 15) is 4.79 Å². The minimum absolute atomic E-state index is 0.176. The number of hydrogen-bond acceptors (Lipinski definition) is 3. The lowest BCUT2D eigenvalue weighted by Crippen LogP contribution is -2.42. The third-order valence-electron chi connectivity index (χ3n) is 4.13. The van der Waals surface area contributed by atoms with E-state index in [4.69, 9.17) is 4.74 Å². The molecule has 0 aliphatic carbocycles. The summed E-state index contributed by atoms with van der Waals surface area (Å²) in [6, 6.07) is 7.85. The largest absolute Gasteiger partial charge is 0.496 e. The van der Waals surface area contributed by atoms with Gasteiger partial charge in [0.25, 0.3) is 0 Å².